The van der Waals surface area contributed by atoms with Crippen LogP contribution in [0.25, 0.3) is 0 Å². The molecule has 13 N–H and O–H groups in total. The minimum atomic E-state index is -2.33. The van der Waals surface area contributed by atoms with Gasteiger partial charge in [0.05, 0.1) is 79.6 Å². The molecule has 18 nitrogen and oxygen atoms in total. The standard InChI is InChI=1S/C47H73NO17/c1-27-17-15-13-11-9-7-5-6-8-10-12-14-16-18-34(64-46-44(58)41(48)43(57)30(4)63-46)24-38-40(45(59)60)37(54)26-47(61,65-38)25-33(51)22-36(53)35(52)20-19-31(49)21-32(50)23-39(55)62-29(3)28(2)42(27)56/h5-18,27-38,40-44,46,49-54,56-58,61H,19-26,48H2,1-4H3,(H,59,60)/b6-5+,9-7+,10-8+,13-11+,14-12+,17-15+,18-16+/t27-,28-,29-,30+,31+,32+,33-,34-,35+,36+,37-,38-,40+,41-,42+,43-,44-,46+,47+/m0/s1. The minimum Gasteiger partial charge on any atom is -0.481 e. The van der Waals surface area contributed by atoms with E-state index < -0.39 is 147 Å². The van der Waals surface area contributed by atoms with E-state index in [-0.39, 0.29) is 31.6 Å². The Balaban J connectivity index is 1.86. The van der Waals surface area contributed by atoms with Crippen LogP contribution in [0.5, 0.6) is 0 Å². The highest BCUT2D eigenvalue weighted by Crippen LogP contribution is 2.38. The largest absolute Gasteiger partial charge is 0.481 e. The molecule has 3 aliphatic rings. The number of rotatable bonds is 3. The van der Waals surface area contributed by atoms with Crippen molar-refractivity contribution in [1.29, 1.82) is 0 Å². The van der Waals surface area contributed by atoms with Gasteiger partial charge in [-0.1, -0.05) is 98.9 Å². The quantitative estimate of drug-likeness (QED) is 0.174. The predicted molar refractivity (Wildman–Crippen MR) is 237 cm³/mol. The van der Waals surface area contributed by atoms with Gasteiger partial charge in [-0.2, -0.15) is 0 Å². The summed E-state index contributed by atoms with van der Waals surface area (Å²) in [6.07, 6.45) is 3.46. The number of hydrogen-bond donors (Lipinski definition) is 12. The maximum absolute atomic E-state index is 12.6. The molecule has 368 valence electrons. The SMILES string of the molecule is C[C@@H]1[C@H](O)[C@@H](C)/C=C/C=C/C=C/C=C/C=C/C=C/C=C/[C@H](O[C@H]2O[C@H](C)[C@H](O)[C@H](N)[C@@H]2O)C[C@@H]2O[C@](O)(C[C@@H](O)C[C@@H](O)[C@H](O)CC[C@@H](O)C[C@@H](O)CC(=O)O[C@H]1C)C[C@H](O)[C@H]2C(=O)O. The molecule has 2 bridgehead atoms. The summed E-state index contributed by atoms with van der Waals surface area (Å²) in [6, 6.07) is -1.15. The summed E-state index contributed by atoms with van der Waals surface area (Å²) in [5, 5.41) is 118. The second kappa shape index (κ2) is 27.4. The fraction of sp³-hybridized carbons (Fsp3) is 0.660. The molecule has 3 rings (SSSR count). The highest BCUT2D eigenvalue weighted by molar-refractivity contribution is 5.71. The summed E-state index contributed by atoms with van der Waals surface area (Å²) in [4.78, 5) is 25.1. The normalized spacial score (nSPS) is 45.5. The highest BCUT2D eigenvalue weighted by atomic mass is 16.7. The maximum Gasteiger partial charge on any atom is 0.311 e. The summed E-state index contributed by atoms with van der Waals surface area (Å²) in [7, 11) is 0. The molecule has 0 aromatic heterocycles. The molecule has 0 unspecified atom stereocenters. The third-order valence-corrected chi connectivity index (χ3v) is 12.0. The van der Waals surface area contributed by atoms with Crippen LogP contribution in [0.4, 0.5) is 0 Å². The Kier molecular flexibility index (Phi) is 23.6. The average molecular weight is 924 g/mol. The predicted octanol–water partition coefficient (Wildman–Crippen LogP) is 0.712. The Hall–Kier alpha value is -3.44. The smallest absolute Gasteiger partial charge is 0.311 e. The van der Waals surface area contributed by atoms with Crippen molar-refractivity contribution in [3.8, 4) is 0 Å². The molecule has 2 saturated heterocycles. The molecule has 0 aromatic rings. The van der Waals surface area contributed by atoms with Crippen molar-refractivity contribution >= 4 is 11.9 Å². The molecule has 3 heterocycles. The lowest BCUT2D eigenvalue weighted by Gasteiger charge is -2.45. The molecule has 18 heteroatoms. The van der Waals surface area contributed by atoms with Gasteiger partial charge in [0.15, 0.2) is 12.1 Å². The van der Waals surface area contributed by atoms with Crippen LogP contribution in [0.3, 0.4) is 0 Å². The maximum atomic E-state index is 12.6. The van der Waals surface area contributed by atoms with Crippen molar-refractivity contribution in [2.45, 2.75) is 177 Å². The second-order valence-electron chi connectivity index (χ2n) is 17.6. The van der Waals surface area contributed by atoms with Gasteiger partial charge >= 0.3 is 11.9 Å². The number of hydrogen-bond acceptors (Lipinski definition) is 17. The van der Waals surface area contributed by atoms with E-state index in [0.717, 1.165) is 0 Å². The summed E-state index contributed by atoms with van der Waals surface area (Å²) < 4.78 is 23.1. The minimum absolute atomic E-state index is 0.107. The van der Waals surface area contributed by atoms with Crippen LogP contribution in [0.15, 0.2) is 85.1 Å². The molecular weight excluding hydrogens is 851 g/mol. The molecule has 19 atom stereocenters. The van der Waals surface area contributed by atoms with E-state index >= 15 is 0 Å². The number of aliphatic hydroxyl groups excluding tert-OH is 9. The van der Waals surface area contributed by atoms with E-state index in [2.05, 4.69) is 0 Å². The average Bonchev–Trinajstić information content (AvgIpc) is 3.21. The molecule has 2 fully saturated rings. The Bertz CT molecular complexity index is 1670. The topological polar surface area (TPSA) is 320 Å². The number of carboxylic acid groups (broad SMARTS) is 1. The molecule has 0 aliphatic carbocycles. The van der Waals surface area contributed by atoms with Gasteiger partial charge in [0.25, 0.3) is 0 Å². The number of nitrogens with two attached hydrogens (primary N) is 1. The summed E-state index contributed by atoms with van der Waals surface area (Å²) in [5.41, 5.74) is 6.02. The van der Waals surface area contributed by atoms with Crippen molar-refractivity contribution in [1.82, 2.24) is 0 Å². The third kappa shape index (κ3) is 18.6. The van der Waals surface area contributed by atoms with Gasteiger partial charge in [0.2, 0.25) is 0 Å². The van der Waals surface area contributed by atoms with E-state index in [0.29, 0.717) is 0 Å². The zero-order valence-electron chi connectivity index (χ0n) is 37.6. The van der Waals surface area contributed by atoms with Crippen LogP contribution < -0.4 is 5.73 Å². The van der Waals surface area contributed by atoms with Gasteiger partial charge < -0.3 is 80.9 Å². The molecule has 0 aromatic carbocycles. The van der Waals surface area contributed by atoms with Crippen molar-refractivity contribution in [3.05, 3.63) is 85.1 Å². The number of fused-ring (bicyclic) bond motifs is 2. The first-order valence-electron chi connectivity index (χ1n) is 22.3. The highest BCUT2D eigenvalue weighted by Gasteiger charge is 2.51. The lowest BCUT2D eigenvalue weighted by atomic mass is 9.82. The van der Waals surface area contributed by atoms with E-state index in [4.69, 9.17) is 24.7 Å². The van der Waals surface area contributed by atoms with Gasteiger partial charge in [-0.15, -0.1) is 0 Å². The third-order valence-electron chi connectivity index (χ3n) is 12.0. The molecule has 0 radical (unpaired) electrons. The van der Waals surface area contributed by atoms with Crippen molar-refractivity contribution in [2.75, 3.05) is 0 Å². The van der Waals surface area contributed by atoms with Gasteiger partial charge in [-0.25, -0.2) is 0 Å². The monoisotopic (exact) mass is 923 g/mol. The van der Waals surface area contributed by atoms with Crippen LogP contribution >= 0.6 is 0 Å². The zero-order valence-corrected chi connectivity index (χ0v) is 37.6. The van der Waals surface area contributed by atoms with Gasteiger partial charge in [0.1, 0.15) is 18.1 Å². The molecule has 0 spiro atoms. The Morgan fingerprint density at radius 1 is 0.662 bits per heavy atom. The van der Waals surface area contributed by atoms with Crippen molar-refractivity contribution in [2.24, 2.45) is 23.5 Å². The van der Waals surface area contributed by atoms with Crippen LogP contribution in [0.1, 0.15) is 79.1 Å². The zero-order chi connectivity index (χ0) is 48.4. The number of carboxylic acids is 1. The number of allylic oxidation sites excluding steroid dienone is 12. The van der Waals surface area contributed by atoms with E-state index in [9.17, 15) is 65.8 Å². The number of carbonyl (C=O) groups is 2. The lowest BCUT2D eigenvalue weighted by molar-refractivity contribution is -0.308. The summed E-state index contributed by atoms with van der Waals surface area (Å²) in [6.45, 7) is 6.74. The Morgan fingerprint density at radius 2 is 1.23 bits per heavy atom. The first kappa shape index (κ1) is 55.9. The fourth-order valence-electron chi connectivity index (χ4n) is 7.97. The Morgan fingerprint density at radius 3 is 1.82 bits per heavy atom. The lowest BCUT2D eigenvalue weighted by Crippen LogP contribution is -2.61. The van der Waals surface area contributed by atoms with E-state index in [1.807, 2.05) is 19.1 Å². The number of carbonyl (C=O) groups excluding carboxylic acids is 1. The molecule has 0 saturated carbocycles. The van der Waals surface area contributed by atoms with Crippen LogP contribution in [-0.4, -0.2) is 166 Å². The van der Waals surface area contributed by atoms with Crippen LogP contribution in [0.2, 0.25) is 0 Å². The molecular formula is C47H73NO17. The van der Waals surface area contributed by atoms with E-state index in [1.54, 1.807) is 80.7 Å². The van der Waals surface area contributed by atoms with Crippen LogP contribution in [-0.2, 0) is 28.5 Å². The first-order valence-corrected chi connectivity index (χ1v) is 22.3. The van der Waals surface area contributed by atoms with Crippen molar-refractivity contribution < 1.29 is 84.7 Å². The Labute approximate surface area is 381 Å². The van der Waals surface area contributed by atoms with Gasteiger partial charge in [-0.05, 0) is 33.1 Å². The van der Waals surface area contributed by atoms with Gasteiger partial charge in [-0.3, -0.25) is 9.59 Å². The summed E-state index contributed by atoms with van der Waals surface area (Å²) >= 11 is 0. The molecule has 65 heavy (non-hydrogen) atoms. The second-order valence-corrected chi connectivity index (χ2v) is 17.6. The first-order chi connectivity index (χ1) is 30.6. The summed E-state index contributed by atoms with van der Waals surface area (Å²) in [5.74, 6) is -6.83. The number of aliphatic carboxylic acids is 1. The van der Waals surface area contributed by atoms with E-state index in [1.165, 1.54) is 13.0 Å². The number of cyclic esters (lactones) is 1. The fourth-order valence-corrected chi connectivity index (χ4v) is 7.97. The number of ether oxygens (including phenoxy) is 4. The molecule has 3 aliphatic heterocycles. The van der Waals surface area contributed by atoms with Gasteiger partial charge in [0, 0.05) is 37.5 Å². The van der Waals surface area contributed by atoms with Crippen molar-refractivity contribution in [3.63, 3.8) is 0 Å². The molecule has 0 amide bonds. The van der Waals surface area contributed by atoms with Crippen LogP contribution in [0, 0.1) is 17.8 Å². The number of aliphatic hydroxyl groups is 10. The number of esters is 1.